The van der Waals surface area contributed by atoms with Crippen molar-refractivity contribution in [2.75, 3.05) is 13.1 Å². The molecule has 1 aromatic carbocycles. The summed E-state index contributed by atoms with van der Waals surface area (Å²) in [5.41, 5.74) is 6.37. The summed E-state index contributed by atoms with van der Waals surface area (Å²) in [5.74, 6) is 0.188. The fraction of sp³-hybridized carbons (Fsp3) is 0.250. The molecule has 0 aliphatic carbocycles. The number of pyridine rings is 2. The van der Waals surface area contributed by atoms with Gasteiger partial charge in [0.1, 0.15) is 5.78 Å². The van der Waals surface area contributed by atoms with Crippen LogP contribution in [0.4, 0.5) is 0 Å². The molecule has 0 spiro atoms. The van der Waals surface area contributed by atoms with Crippen LogP contribution in [0, 0.1) is 0 Å². The van der Waals surface area contributed by atoms with Crippen molar-refractivity contribution in [3.8, 4) is 22.5 Å². The van der Waals surface area contributed by atoms with E-state index in [1.165, 1.54) is 0 Å². The highest BCUT2D eigenvalue weighted by molar-refractivity contribution is 6.08. The van der Waals surface area contributed by atoms with Crippen molar-refractivity contribution in [1.29, 1.82) is 0 Å². The lowest BCUT2D eigenvalue weighted by atomic mass is 10.1. The van der Waals surface area contributed by atoms with Crippen molar-refractivity contribution in [2.24, 2.45) is 0 Å². The minimum Gasteiger partial charge on any atom is -0.353 e. The van der Waals surface area contributed by atoms with Gasteiger partial charge in [-0.25, -0.2) is 4.98 Å². The first-order valence-corrected chi connectivity index (χ1v) is 12.2. The molecule has 5 rings (SSSR count). The average molecular weight is 481 g/mol. The summed E-state index contributed by atoms with van der Waals surface area (Å²) >= 11 is 0. The topological polar surface area (TPSA) is 108 Å². The van der Waals surface area contributed by atoms with Gasteiger partial charge in [0, 0.05) is 77.0 Å². The van der Waals surface area contributed by atoms with Crippen LogP contribution in [-0.4, -0.2) is 54.8 Å². The van der Waals surface area contributed by atoms with Gasteiger partial charge < -0.3 is 9.88 Å². The lowest BCUT2D eigenvalue weighted by Crippen LogP contribution is -2.30. The van der Waals surface area contributed by atoms with Gasteiger partial charge in [0.2, 0.25) is 0 Å². The van der Waals surface area contributed by atoms with Gasteiger partial charge in [-0.2, -0.15) is 5.10 Å². The number of carbonyl (C=O) groups is 2. The number of H-pyrrole nitrogens is 2. The third-order valence-corrected chi connectivity index (χ3v) is 6.55. The fourth-order valence-electron chi connectivity index (χ4n) is 4.45. The highest BCUT2D eigenvalue weighted by Crippen LogP contribution is 2.32. The first-order chi connectivity index (χ1) is 17.5. The Bertz CT molecular complexity index is 1560. The largest absolute Gasteiger partial charge is 0.353 e. The summed E-state index contributed by atoms with van der Waals surface area (Å²) in [7, 11) is 0. The van der Waals surface area contributed by atoms with Gasteiger partial charge in [-0.1, -0.05) is 19.1 Å². The molecule has 4 heterocycles. The molecule has 36 heavy (non-hydrogen) atoms. The molecule has 0 atom stereocenters. The van der Waals surface area contributed by atoms with Gasteiger partial charge in [0.25, 0.3) is 5.91 Å². The number of nitrogens with one attached hydrogen (secondary N) is 2. The third kappa shape index (κ3) is 4.26. The summed E-state index contributed by atoms with van der Waals surface area (Å²) in [4.78, 5) is 39.1. The van der Waals surface area contributed by atoms with Gasteiger partial charge in [0.05, 0.1) is 11.4 Å². The van der Waals surface area contributed by atoms with E-state index in [1.54, 1.807) is 12.4 Å². The number of Topliss-reactive ketones (excluding diaryl/α,β-unsaturated/α-hetero) is 1. The van der Waals surface area contributed by atoms with E-state index in [0.717, 1.165) is 44.5 Å². The number of hydrogen-bond acceptors (Lipinski definition) is 5. The van der Waals surface area contributed by atoms with E-state index in [2.05, 4.69) is 25.1 Å². The highest BCUT2D eigenvalue weighted by atomic mass is 16.2. The smallest absolute Gasteiger partial charge is 0.254 e. The number of ketones is 1. The Morgan fingerprint density at radius 3 is 2.44 bits per heavy atom. The third-order valence-electron chi connectivity index (χ3n) is 6.55. The van der Waals surface area contributed by atoms with E-state index >= 15 is 0 Å². The summed E-state index contributed by atoms with van der Waals surface area (Å²) in [5, 5.41) is 9.23. The molecule has 182 valence electrons. The van der Waals surface area contributed by atoms with Crippen LogP contribution in [0.2, 0.25) is 0 Å². The van der Waals surface area contributed by atoms with Gasteiger partial charge in [-0.05, 0) is 44.2 Å². The summed E-state index contributed by atoms with van der Waals surface area (Å²) in [6, 6.07) is 13.6. The maximum absolute atomic E-state index is 13.1. The second-order valence-corrected chi connectivity index (χ2v) is 8.73. The predicted octanol–water partition coefficient (Wildman–Crippen LogP) is 5.17. The quantitative estimate of drug-likeness (QED) is 0.318. The first kappa shape index (κ1) is 23.4. The molecule has 4 aromatic heterocycles. The van der Waals surface area contributed by atoms with Crippen LogP contribution in [0.1, 0.15) is 43.2 Å². The number of carbonyl (C=O) groups excluding carboxylic acids is 2. The standard InChI is InChI=1S/C28H28N6O2/c1-4-20(35)13-19-11-10-17(15-29-19)18-12-23-26(32-33-27(23)30-16-18)25-14-22-21(8-7-9-24(22)31-25)28(36)34(5-2)6-3/h7-12,14-16,31H,4-6,13H2,1-3H3,(H,30,32,33). The van der Waals surface area contributed by atoms with E-state index in [-0.39, 0.29) is 11.7 Å². The maximum Gasteiger partial charge on any atom is 0.254 e. The normalized spacial score (nSPS) is 11.3. The van der Waals surface area contributed by atoms with E-state index in [4.69, 9.17) is 0 Å². The molecule has 5 aromatic rings. The van der Waals surface area contributed by atoms with E-state index in [0.29, 0.717) is 37.1 Å². The Hall–Kier alpha value is -4.33. The average Bonchev–Trinajstić information content (AvgIpc) is 3.53. The summed E-state index contributed by atoms with van der Waals surface area (Å²) in [6.45, 7) is 7.15. The van der Waals surface area contributed by atoms with Gasteiger partial charge in [0.15, 0.2) is 5.65 Å². The number of fused-ring (bicyclic) bond motifs is 2. The lowest BCUT2D eigenvalue weighted by Gasteiger charge is -2.18. The molecule has 0 fully saturated rings. The molecule has 0 aliphatic rings. The van der Waals surface area contributed by atoms with Crippen molar-refractivity contribution < 1.29 is 9.59 Å². The van der Waals surface area contributed by atoms with Crippen molar-refractivity contribution in [1.82, 2.24) is 30.0 Å². The molecular weight excluding hydrogens is 452 g/mol. The number of amides is 1. The SMILES string of the molecule is CCC(=O)Cc1ccc(-c2cnc3n[nH]c(-c4cc5c(C(=O)N(CC)CC)cccc5[nH]4)c3c2)cn1. The highest BCUT2D eigenvalue weighted by Gasteiger charge is 2.19. The van der Waals surface area contributed by atoms with E-state index in [9.17, 15) is 9.59 Å². The fourth-order valence-corrected chi connectivity index (χ4v) is 4.45. The Kier molecular flexibility index (Phi) is 6.33. The molecule has 2 N–H and O–H groups in total. The number of benzene rings is 1. The second kappa shape index (κ2) is 9.73. The molecule has 0 unspecified atom stereocenters. The molecule has 0 saturated carbocycles. The van der Waals surface area contributed by atoms with Crippen molar-refractivity contribution in [3.05, 3.63) is 66.1 Å². The van der Waals surface area contributed by atoms with Crippen molar-refractivity contribution in [3.63, 3.8) is 0 Å². The maximum atomic E-state index is 13.1. The Morgan fingerprint density at radius 2 is 1.72 bits per heavy atom. The van der Waals surface area contributed by atoms with E-state index < -0.39 is 0 Å². The lowest BCUT2D eigenvalue weighted by molar-refractivity contribution is -0.118. The zero-order chi connectivity index (χ0) is 25.2. The zero-order valence-corrected chi connectivity index (χ0v) is 20.6. The van der Waals surface area contributed by atoms with E-state index in [1.807, 2.05) is 68.1 Å². The monoisotopic (exact) mass is 480 g/mol. The van der Waals surface area contributed by atoms with Gasteiger partial charge >= 0.3 is 0 Å². The minimum absolute atomic E-state index is 0.0196. The van der Waals surface area contributed by atoms with Crippen molar-refractivity contribution in [2.45, 2.75) is 33.6 Å². The first-order valence-electron chi connectivity index (χ1n) is 12.2. The van der Waals surface area contributed by atoms with Crippen LogP contribution in [0.3, 0.4) is 0 Å². The Balaban J connectivity index is 1.52. The Morgan fingerprint density at radius 1 is 0.917 bits per heavy atom. The molecule has 8 nitrogen and oxygen atoms in total. The molecule has 0 radical (unpaired) electrons. The second-order valence-electron chi connectivity index (χ2n) is 8.73. The molecule has 0 aliphatic heterocycles. The number of nitrogens with zero attached hydrogens (tertiary/aromatic N) is 4. The molecule has 8 heteroatoms. The molecule has 0 bridgehead atoms. The summed E-state index contributed by atoms with van der Waals surface area (Å²) in [6.07, 6.45) is 4.40. The number of aromatic amines is 2. The number of rotatable bonds is 8. The van der Waals surface area contributed by atoms with Crippen LogP contribution in [0.5, 0.6) is 0 Å². The molecular formula is C28H28N6O2. The zero-order valence-electron chi connectivity index (χ0n) is 20.6. The minimum atomic E-state index is 0.0196. The predicted molar refractivity (Wildman–Crippen MR) is 141 cm³/mol. The van der Waals surface area contributed by atoms with Crippen LogP contribution in [0.15, 0.2) is 54.9 Å². The van der Waals surface area contributed by atoms with Crippen LogP contribution in [0.25, 0.3) is 44.5 Å². The summed E-state index contributed by atoms with van der Waals surface area (Å²) < 4.78 is 0. The Labute approximate surface area is 208 Å². The number of hydrogen-bond donors (Lipinski definition) is 2. The molecule has 0 saturated heterocycles. The van der Waals surface area contributed by atoms with Gasteiger partial charge in [-0.15, -0.1) is 0 Å². The van der Waals surface area contributed by atoms with Crippen molar-refractivity contribution >= 4 is 33.6 Å². The number of aromatic nitrogens is 5. The van der Waals surface area contributed by atoms with Crippen LogP contribution in [-0.2, 0) is 11.2 Å². The molecule has 1 amide bonds. The van der Waals surface area contributed by atoms with Gasteiger partial charge in [-0.3, -0.25) is 19.7 Å². The van der Waals surface area contributed by atoms with Crippen LogP contribution < -0.4 is 0 Å². The van der Waals surface area contributed by atoms with Crippen LogP contribution >= 0.6 is 0 Å².